The Morgan fingerprint density at radius 3 is 1.71 bits per heavy atom. The third-order valence-electron chi connectivity index (χ3n) is 4.13. The Balaban J connectivity index is -0.000000960. The molecule has 0 radical (unpaired) electrons. The van der Waals surface area contributed by atoms with Gasteiger partial charge in [-0.15, -0.1) is 37.2 Å². The molecule has 6 nitrogen and oxygen atoms in total. The molecule has 0 bridgehead atoms. The molecule has 0 aliphatic carbocycles. The molecule has 0 saturated heterocycles. The van der Waals surface area contributed by atoms with Gasteiger partial charge >= 0.3 is 0 Å². The van der Waals surface area contributed by atoms with Crippen LogP contribution in [0.3, 0.4) is 0 Å². The highest BCUT2D eigenvalue weighted by Crippen LogP contribution is 2.05. The zero-order valence-electron chi connectivity index (χ0n) is 17.5. The monoisotopic (exact) mass is 486 g/mol. The molecule has 0 aromatic rings. The van der Waals surface area contributed by atoms with Gasteiger partial charge in [0.2, 0.25) is 10.0 Å². The number of nitrogens with one attached hydrogen (secondary N) is 3. The molecular weight excluding hydrogens is 443 g/mol. The Labute approximate surface area is 192 Å². The lowest BCUT2D eigenvalue weighted by atomic mass is 10.1. The summed E-state index contributed by atoms with van der Waals surface area (Å²) >= 11 is 0. The van der Waals surface area contributed by atoms with E-state index in [1.54, 1.807) is 0 Å². The van der Waals surface area contributed by atoms with Crippen LogP contribution in [-0.4, -0.2) is 53.4 Å². The third-order valence-corrected chi connectivity index (χ3v) is 5.60. The first-order valence-electron chi connectivity index (χ1n) is 10.2. The highest BCUT2D eigenvalue weighted by atomic mass is 35.5. The van der Waals surface area contributed by atoms with Crippen molar-refractivity contribution in [2.45, 2.75) is 71.1 Å². The Morgan fingerprint density at radius 1 is 0.643 bits per heavy atom. The van der Waals surface area contributed by atoms with Crippen LogP contribution < -0.4 is 21.1 Å². The summed E-state index contributed by atoms with van der Waals surface area (Å²) in [5.74, 6) is 0.268. The van der Waals surface area contributed by atoms with Crippen molar-refractivity contribution in [2.75, 3.05) is 45.0 Å². The molecule has 5 N–H and O–H groups in total. The maximum Gasteiger partial charge on any atom is 0.211 e. The summed E-state index contributed by atoms with van der Waals surface area (Å²) in [4.78, 5) is 0. The number of halogens is 3. The third kappa shape index (κ3) is 28.9. The van der Waals surface area contributed by atoms with Gasteiger partial charge in [0.1, 0.15) is 0 Å². The normalized spacial score (nSPS) is 10.6. The van der Waals surface area contributed by atoms with Crippen LogP contribution in [0, 0.1) is 0 Å². The minimum Gasteiger partial charge on any atom is -0.330 e. The van der Waals surface area contributed by atoms with Crippen LogP contribution in [-0.2, 0) is 10.0 Å². The van der Waals surface area contributed by atoms with Crippen molar-refractivity contribution in [1.29, 1.82) is 0 Å². The summed E-state index contributed by atoms with van der Waals surface area (Å²) in [6, 6.07) is 0. The van der Waals surface area contributed by atoms with E-state index in [0.717, 1.165) is 77.7 Å². The van der Waals surface area contributed by atoms with E-state index in [-0.39, 0.29) is 43.0 Å². The molecule has 0 rings (SSSR count). The zero-order valence-corrected chi connectivity index (χ0v) is 20.8. The summed E-state index contributed by atoms with van der Waals surface area (Å²) in [5.41, 5.74) is 5.43. The highest BCUT2D eigenvalue weighted by Gasteiger charge is 2.08. The smallest absolute Gasteiger partial charge is 0.211 e. The molecule has 176 valence electrons. The molecule has 28 heavy (non-hydrogen) atoms. The van der Waals surface area contributed by atoms with Gasteiger partial charge < -0.3 is 16.4 Å². The first kappa shape index (κ1) is 36.1. The summed E-state index contributed by atoms with van der Waals surface area (Å²) < 4.78 is 26.4. The molecule has 0 atom stereocenters. The van der Waals surface area contributed by atoms with Gasteiger partial charge in [-0.05, 0) is 64.8 Å². The molecule has 0 heterocycles. The molecule has 0 aliphatic rings. The fourth-order valence-corrected chi connectivity index (χ4v) is 3.75. The van der Waals surface area contributed by atoms with E-state index >= 15 is 0 Å². The molecule has 0 amide bonds. The second-order valence-corrected chi connectivity index (χ2v) is 8.61. The van der Waals surface area contributed by atoms with Gasteiger partial charge in [-0.1, -0.05) is 39.0 Å². The van der Waals surface area contributed by atoms with E-state index in [1.165, 1.54) is 19.3 Å². The van der Waals surface area contributed by atoms with Gasteiger partial charge in [-0.3, -0.25) is 0 Å². The molecule has 0 aromatic heterocycles. The van der Waals surface area contributed by atoms with Gasteiger partial charge in [-0.2, -0.15) is 0 Å². The van der Waals surface area contributed by atoms with Crippen LogP contribution in [0.15, 0.2) is 0 Å². The fraction of sp³-hybridized carbons (Fsp3) is 1.00. The molecule has 0 unspecified atom stereocenters. The van der Waals surface area contributed by atoms with Gasteiger partial charge in [0.15, 0.2) is 0 Å². The molecule has 0 aromatic carbocycles. The topological polar surface area (TPSA) is 96.2 Å². The second kappa shape index (κ2) is 27.7. The van der Waals surface area contributed by atoms with Crippen LogP contribution in [0.4, 0.5) is 0 Å². The summed E-state index contributed by atoms with van der Waals surface area (Å²) in [6.07, 6.45) is 10.8. The van der Waals surface area contributed by atoms with Crippen LogP contribution in [0.5, 0.6) is 0 Å². The zero-order chi connectivity index (χ0) is 18.6. The Bertz CT molecular complexity index is 378. The van der Waals surface area contributed by atoms with E-state index in [9.17, 15) is 8.42 Å². The Kier molecular flexibility index (Phi) is 35.6. The predicted octanol–water partition coefficient (Wildman–Crippen LogP) is 3.23. The van der Waals surface area contributed by atoms with E-state index in [1.807, 2.05) is 0 Å². The minimum atomic E-state index is -3.08. The standard InChI is InChI=1S/C18H42N4O2S.3ClH/c1-2-3-4-5-6-9-18-25(23,24)22-17-11-16-21-14-8-7-13-20-15-10-12-19;;;/h20-22H,2-19H2,1H3;3*1H. The van der Waals surface area contributed by atoms with Gasteiger partial charge in [0.05, 0.1) is 5.75 Å². The molecule has 0 aliphatic heterocycles. The Hall–Kier alpha value is 0.660. The van der Waals surface area contributed by atoms with Crippen LogP contribution in [0.1, 0.15) is 71.1 Å². The van der Waals surface area contributed by atoms with Gasteiger partial charge in [0.25, 0.3) is 0 Å². The quantitative estimate of drug-likeness (QED) is 0.198. The van der Waals surface area contributed by atoms with Crippen LogP contribution in [0.2, 0.25) is 0 Å². The lowest BCUT2D eigenvalue weighted by Crippen LogP contribution is -2.29. The number of unbranched alkanes of at least 4 members (excludes halogenated alkanes) is 6. The summed E-state index contributed by atoms with van der Waals surface area (Å²) in [7, 11) is -3.08. The fourth-order valence-electron chi connectivity index (χ4n) is 2.56. The molecular formula is C18H45Cl3N4O2S. The maximum absolute atomic E-state index is 11.9. The lowest BCUT2D eigenvalue weighted by Gasteiger charge is -2.08. The van der Waals surface area contributed by atoms with E-state index in [4.69, 9.17) is 5.73 Å². The first-order valence-corrected chi connectivity index (χ1v) is 11.9. The van der Waals surface area contributed by atoms with Crippen molar-refractivity contribution < 1.29 is 8.42 Å². The van der Waals surface area contributed by atoms with Crippen molar-refractivity contribution in [2.24, 2.45) is 5.73 Å². The number of nitrogens with two attached hydrogens (primary N) is 1. The molecule has 10 heteroatoms. The highest BCUT2D eigenvalue weighted by molar-refractivity contribution is 7.89. The van der Waals surface area contributed by atoms with Crippen molar-refractivity contribution in [3.8, 4) is 0 Å². The van der Waals surface area contributed by atoms with Gasteiger partial charge in [-0.25, -0.2) is 13.1 Å². The largest absolute Gasteiger partial charge is 0.330 e. The number of hydrogen-bond acceptors (Lipinski definition) is 5. The summed E-state index contributed by atoms with van der Waals surface area (Å²) in [6.45, 7) is 7.36. The van der Waals surface area contributed by atoms with E-state index in [2.05, 4.69) is 22.3 Å². The Morgan fingerprint density at radius 2 is 1.14 bits per heavy atom. The van der Waals surface area contributed by atoms with Gasteiger partial charge in [0, 0.05) is 6.54 Å². The first-order chi connectivity index (χ1) is 12.1. The maximum atomic E-state index is 11.9. The van der Waals surface area contributed by atoms with Crippen molar-refractivity contribution in [3.63, 3.8) is 0 Å². The predicted molar refractivity (Wildman–Crippen MR) is 130 cm³/mol. The van der Waals surface area contributed by atoms with Crippen LogP contribution in [0.25, 0.3) is 0 Å². The number of hydrogen-bond donors (Lipinski definition) is 4. The van der Waals surface area contributed by atoms with Crippen molar-refractivity contribution in [1.82, 2.24) is 15.4 Å². The average molecular weight is 488 g/mol. The van der Waals surface area contributed by atoms with E-state index < -0.39 is 10.0 Å². The van der Waals surface area contributed by atoms with Crippen molar-refractivity contribution >= 4 is 47.2 Å². The van der Waals surface area contributed by atoms with E-state index in [0.29, 0.717) is 6.54 Å². The number of sulfonamides is 1. The average Bonchev–Trinajstić information content (AvgIpc) is 2.59. The summed E-state index contributed by atoms with van der Waals surface area (Å²) in [5, 5.41) is 6.72. The van der Waals surface area contributed by atoms with Crippen molar-refractivity contribution in [3.05, 3.63) is 0 Å². The van der Waals surface area contributed by atoms with Crippen LogP contribution >= 0.6 is 37.2 Å². The SMILES string of the molecule is CCCCCCCCS(=O)(=O)NCCCNCCCCNCCCN.Cl.Cl.Cl. The molecule has 0 spiro atoms. The number of rotatable bonds is 20. The minimum absolute atomic E-state index is 0. The molecule has 0 saturated carbocycles. The lowest BCUT2D eigenvalue weighted by molar-refractivity contribution is 0.555. The second-order valence-electron chi connectivity index (χ2n) is 6.68. The molecule has 0 fully saturated rings.